The van der Waals surface area contributed by atoms with Crippen LogP contribution in [0.3, 0.4) is 0 Å². The number of ether oxygens (including phenoxy) is 1. The molecule has 14 heavy (non-hydrogen) atoms. The summed E-state index contributed by atoms with van der Waals surface area (Å²) in [5.74, 6) is -3.27. The zero-order valence-corrected chi connectivity index (χ0v) is 7.22. The van der Waals surface area contributed by atoms with E-state index in [9.17, 15) is 9.59 Å². The van der Waals surface area contributed by atoms with Gasteiger partial charge in [0.2, 0.25) is 5.88 Å². The number of carboxylic acid groups (broad SMARTS) is 2. The van der Waals surface area contributed by atoms with E-state index < -0.39 is 17.5 Å². The van der Waals surface area contributed by atoms with Gasteiger partial charge in [0.1, 0.15) is 0 Å². The molecule has 0 aliphatic heterocycles. The molecule has 0 amide bonds. The maximum atomic E-state index is 10.6. The summed E-state index contributed by atoms with van der Waals surface area (Å²) in [6.45, 7) is 0.937. The highest BCUT2D eigenvalue weighted by Crippen LogP contribution is 2.15. The summed E-state index contributed by atoms with van der Waals surface area (Å²) >= 11 is 0. The highest BCUT2D eigenvalue weighted by atomic mass is 16.6. The first-order chi connectivity index (χ1) is 6.47. The van der Waals surface area contributed by atoms with Crippen molar-refractivity contribution in [3.05, 3.63) is 12.3 Å². The van der Waals surface area contributed by atoms with Crippen molar-refractivity contribution in [2.75, 3.05) is 0 Å². The molecule has 1 aromatic rings. The number of carboxylic acids is 2. The number of aromatic amines is 1. The van der Waals surface area contributed by atoms with E-state index in [2.05, 4.69) is 10.2 Å². The van der Waals surface area contributed by atoms with Crippen LogP contribution in [0.5, 0.6) is 5.88 Å². The van der Waals surface area contributed by atoms with Crippen LogP contribution in [0, 0.1) is 0 Å². The van der Waals surface area contributed by atoms with Crippen molar-refractivity contribution in [1.29, 1.82) is 0 Å². The minimum Gasteiger partial charge on any atom is -0.478 e. The molecule has 0 saturated carbocycles. The molecule has 0 fully saturated rings. The van der Waals surface area contributed by atoms with Gasteiger partial charge in [0.25, 0.3) is 5.60 Å². The molecule has 1 aromatic heterocycles. The summed E-state index contributed by atoms with van der Waals surface area (Å²) in [5, 5.41) is 23.2. The van der Waals surface area contributed by atoms with E-state index in [4.69, 9.17) is 14.9 Å². The van der Waals surface area contributed by atoms with E-state index in [1.54, 1.807) is 0 Å². The molecule has 7 heteroatoms. The lowest BCUT2D eigenvalue weighted by Crippen LogP contribution is -2.49. The standard InChI is InChI=1S/C7H8N2O5/c1-7(5(10)11,6(12)13)14-4-2-3-8-9-4/h2-3H,1H3,(H,8,9)(H,10,11)(H,12,13). The van der Waals surface area contributed by atoms with E-state index >= 15 is 0 Å². The minimum atomic E-state index is -2.32. The van der Waals surface area contributed by atoms with Crippen LogP contribution in [0.15, 0.2) is 12.3 Å². The van der Waals surface area contributed by atoms with Gasteiger partial charge in [0.15, 0.2) is 0 Å². The molecule has 3 N–H and O–H groups in total. The van der Waals surface area contributed by atoms with Crippen LogP contribution in [0.2, 0.25) is 0 Å². The van der Waals surface area contributed by atoms with Crippen molar-refractivity contribution in [2.24, 2.45) is 0 Å². The Morgan fingerprint density at radius 1 is 1.50 bits per heavy atom. The first-order valence-corrected chi connectivity index (χ1v) is 3.62. The summed E-state index contributed by atoms with van der Waals surface area (Å²) in [7, 11) is 0. The van der Waals surface area contributed by atoms with Gasteiger partial charge in [-0.1, -0.05) is 0 Å². The Morgan fingerprint density at radius 2 is 2.07 bits per heavy atom. The van der Waals surface area contributed by atoms with E-state index in [1.165, 1.54) is 12.3 Å². The van der Waals surface area contributed by atoms with E-state index in [0.29, 0.717) is 0 Å². The molecular formula is C7H8N2O5. The zero-order valence-electron chi connectivity index (χ0n) is 7.22. The average molecular weight is 200 g/mol. The Hall–Kier alpha value is -2.05. The molecule has 0 aliphatic carbocycles. The van der Waals surface area contributed by atoms with Gasteiger partial charge >= 0.3 is 11.9 Å². The van der Waals surface area contributed by atoms with Crippen LogP contribution in [-0.4, -0.2) is 38.0 Å². The van der Waals surface area contributed by atoms with Crippen molar-refractivity contribution in [2.45, 2.75) is 12.5 Å². The van der Waals surface area contributed by atoms with Crippen molar-refractivity contribution >= 4 is 11.9 Å². The van der Waals surface area contributed by atoms with E-state index in [0.717, 1.165) is 6.92 Å². The molecule has 0 bridgehead atoms. The van der Waals surface area contributed by atoms with Gasteiger partial charge in [0.05, 0.1) is 0 Å². The van der Waals surface area contributed by atoms with Crippen molar-refractivity contribution in [3.8, 4) is 5.88 Å². The number of nitrogens with zero attached hydrogens (tertiary/aromatic N) is 1. The lowest BCUT2D eigenvalue weighted by atomic mass is 10.1. The fourth-order valence-electron chi connectivity index (χ4n) is 0.691. The maximum Gasteiger partial charge on any atom is 0.359 e. The summed E-state index contributed by atoms with van der Waals surface area (Å²) in [5.41, 5.74) is -2.32. The zero-order chi connectivity index (χ0) is 10.8. The van der Waals surface area contributed by atoms with E-state index in [1.807, 2.05) is 0 Å². The van der Waals surface area contributed by atoms with Gasteiger partial charge in [-0.3, -0.25) is 5.10 Å². The number of aliphatic carboxylic acids is 2. The first kappa shape index (κ1) is 10.0. The molecule has 0 aromatic carbocycles. The van der Waals surface area contributed by atoms with Crippen molar-refractivity contribution in [3.63, 3.8) is 0 Å². The van der Waals surface area contributed by atoms with Gasteiger partial charge in [-0.25, -0.2) is 9.59 Å². The number of carbonyl (C=O) groups is 2. The second-order valence-electron chi connectivity index (χ2n) is 2.66. The van der Waals surface area contributed by atoms with Crippen LogP contribution in [-0.2, 0) is 9.59 Å². The molecule has 0 atom stereocenters. The highest BCUT2D eigenvalue weighted by molar-refractivity contribution is 6.01. The average Bonchev–Trinajstić information content (AvgIpc) is 2.55. The number of aromatic nitrogens is 2. The summed E-state index contributed by atoms with van der Waals surface area (Å²) < 4.78 is 4.72. The Bertz CT molecular complexity index is 331. The fourth-order valence-corrected chi connectivity index (χ4v) is 0.691. The maximum absolute atomic E-state index is 10.6. The summed E-state index contributed by atoms with van der Waals surface area (Å²) in [4.78, 5) is 21.3. The fraction of sp³-hybridized carbons (Fsp3) is 0.286. The van der Waals surface area contributed by atoms with E-state index in [-0.39, 0.29) is 5.88 Å². The molecule has 0 unspecified atom stereocenters. The highest BCUT2D eigenvalue weighted by Gasteiger charge is 2.45. The van der Waals surface area contributed by atoms with Gasteiger partial charge in [0, 0.05) is 12.3 Å². The lowest BCUT2D eigenvalue weighted by Gasteiger charge is -2.19. The van der Waals surface area contributed by atoms with Gasteiger partial charge in [-0.15, -0.1) is 5.10 Å². The third kappa shape index (κ3) is 1.65. The smallest absolute Gasteiger partial charge is 0.359 e. The largest absolute Gasteiger partial charge is 0.478 e. The van der Waals surface area contributed by atoms with Gasteiger partial charge < -0.3 is 14.9 Å². The SMILES string of the molecule is CC(Oc1cc[nH]n1)(C(=O)O)C(=O)O. The second kappa shape index (κ2) is 3.36. The van der Waals surface area contributed by atoms with Crippen molar-refractivity contribution in [1.82, 2.24) is 10.2 Å². The Kier molecular flexibility index (Phi) is 2.41. The lowest BCUT2D eigenvalue weighted by molar-refractivity contribution is -0.170. The second-order valence-corrected chi connectivity index (χ2v) is 2.66. The predicted octanol–water partition coefficient (Wildman–Crippen LogP) is -0.284. The van der Waals surface area contributed by atoms with Crippen LogP contribution in [0.4, 0.5) is 0 Å². The topological polar surface area (TPSA) is 113 Å². The quantitative estimate of drug-likeness (QED) is 0.576. The number of rotatable bonds is 4. The van der Waals surface area contributed by atoms with Gasteiger partial charge in [-0.2, -0.15) is 0 Å². The molecule has 1 rings (SSSR count). The van der Waals surface area contributed by atoms with Crippen LogP contribution < -0.4 is 4.74 Å². The molecule has 0 radical (unpaired) electrons. The number of hydrogen-bond acceptors (Lipinski definition) is 4. The molecule has 0 saturated heterocycles. The summed E-state index contributed by atoms with van der Waals surface area (Å²) in [6.07, 6.45) is 1.39. The number of H-pyrrole nitrogens is 1. The summed E-state index contributed by atoms with van der Waals surface area (Å²) in [6, 6.07) is 1.32. The Labute approximate surface area is 78.3 Å². The number of nitrogens with one attached hydrogen (secondary N) is 1. The predicted molar refractivity (Wildman–Crippen MR) is 42.9 cm³/mol. The first-order valence-electron chi connectivity index (χ1n) is 3.62. The monoisotopic (exact) mass is 200 g/mol. The molecule has 7 nitrogen and oxygen atoms in total. The molecule has 1 heterocycles. The third-order valence-corrected chi connectivity index (χ3v) is 1.60. The Balaban J connectivity index is 2.91. The van der Waals surface area contributed by atoms with Gasteiger partial charge in [-0.05, 0) is 6.92 Å². The number of hydrogen-bond donors (Lipinski definition) is 3. The van der Waals surface area contributed by atoms with Crippen molar-refractivity contribution < 1.29 is 24.5 Å². The minimum absolute atomic E-state index is 0.0858. The third-order valence-electron chi connectivity index (χ3n) is 1.60. The normalized spacial score (nSPS) is 10.9. The molecule has 0 spiro atoms. The van der Waals surface area contributed by atoms with Crippen LogP contribution >= 0.6 is 0 Å². The molecule has 0 aliphatic rings. The Morgan fingerprint density at radius 3 is 2.43 bits per heavy atom. The molecular weight excluding hydrogens is 192 g/mol. The molecule has 76 valence electrons. The van der Waals surface area contributed by atoms with Crippen LogP contribution in [0.25, 0.3) is 0 Å². The van der Waals surface area contributed by atoms with Crippen LogP contribution in [0.1, 0.15) is 6.92 Å².